The molecule has 0 aliphatic carbocycles. The van der Waals surface area contributed by atoms with Gasteiger partial charge in [-0.1, -0.05) is 0 Å². The molecular formula is C12H19Br2N3O3S. The highest BCUT2D eigenvalue weighted by atomic mass is 79.9. The highest BCUT2D eigenvalue weighted by Gasteiger charge is 2.27. The van der Waals surface area contributed by atoms with Crippen molar-refractivity contribution in [3.05, 3.63) is 21.1 Å². The molecule has 21 heavy (non-hydrogen) atoms. The molecule has 0 amide bonds. The van der Waals surface area contributed by atoms with E-state index in [1.807, 2.05) is 0 Å². The number of rotatable bonds is 6. The largest absolute Gasteiger partial charge is 0.399 e. The van der Waals surface area contributed by atoms with Crippen LogP contribution in [0.5, 0.6) is 0 Å². The number of halogens is 2. The molecule has 9 heteroatoms. The smallest absolute Gasteiger partial charge is 0.242 e. The first kappa shape index (κ1) is 18.9. The van der Waals surface area contributed by atoms with Crippen molar-refractivity contribution in [2.24, 2.45) is 0 Å². The molecule has 1 aromatic carbocycles. The molecular weight excluding hydrogens is 426 g/mol. The number of sulfonamides is 1. The summed E-state index contributed by atoms with van der Waals surface area (Å²) in [6.45, 7) is 1.80. The summed E-state index contributed by atoms with van der Waals surface area (Å²) < 4.78 is 27.9. The molecule has 0 radical (unpaired) electrons. The third-order valence-electron chi connectivity index (χ3n) is 2.59. The summed E-state index contributed by atoms with van der Waals surface area (Å²) in [5.74, 6) is 0. The fourth-order valence-corrected chi connectivity index (χ4v) is 5.67. The van der Waals surface area contributed by atoms with E-state index in [9.17, 15) is 13.5 Å². The molecule has 0 bridgehead atoms. The van der Waals surface area contributed by atoms with Gasteiger partial charge in [-0.2, -0.15) is 0 Å². The van der Waals surface area contributed by atoms with Crippen molar-refractivity contribution in [1.82, 2.24) is 9.62 Å². The van der Waals surface area contributed by atoms with E-state index in [-0.39, 0.29) is 11.4 Å². The summed E-state index contributed by atoms with van der Waals surface area (Å²) in [6.07, 6.45) is 0. The molecule has 4 N–H and O–H groups in total. The summed E-state index contributed by atoms with van der Waals surface area (Å²) in [5.41, 5.74) is 4.91. The van der Waals surface area contributed by atoms with Gasteiger partial charge in [-0.3, -0.25) is 0 Å². The Morgan fingerprint density at radius 2 is 1.81 bits per heavy atom. The molecule has 0 saturated heterocycles. The Labute approximate surface area is 142 Å². The fourth-order valence-electron chi connectivity index (χ4n) is 1.90. The van der Waals surface area contributed by atoms with E-state index < -0.39 is 15.6 Å². The Hall–Kier alpha value is -0.190. The van der Waals surface area contributed by atoms with E-state index >= 15 is 0 Å². The van der Waals surface area contributed by atoms with Gasteiger partial charge in [-0.05, 0) is 65.0 Å². The highest BCUT2D eigenvalue weighted by molar-refractivity contribution is 9.11. The van der Waals surface area contributed by atoms with Gasteiger partial charge < -0.3 is 15.7 Å². The number of benzene rings is 1. The van der Waals surface area contributed by atoms with Crippen LogP contribution in [0.4, 0.5) is 5.69 Å². The Morgan fingerprint density at radius 1 is 1.33 bits per heavy atom. The zero-order valence-electron chi connectivity index (χ0n) is 12.0. The topological polar surface area (TPSA) is 95.7 Å². The Kier molecular flexibility index (Phi) is 6.22. The number of nitrogen functional groups attached to an aromatic ring is 1. The van der Waals surface area contributed by atoms with Crippen LogP contribution in [0.25, 0.3) is 0 Å². The Morgan fingerprint density at radius 3 is 2.24 bits per heavy atom. The van der Waals surface area contributed by atoms with Crippen molar-refractivity contribution in [1.29, 1.82) is 0 Å². The first-order valence-electron chi connectivity index (χ1n) is 6.06. The normalized spacial score (nSPS) is 15.2. The zero-order valence-corrected chi connectivity index (χ0v) is 16.0. The lowest BCUT2D eigenvalue weighted by Crippen LogP contribution is -2.47. The van der Waals surface area contributed by atoms with Gasteiger partial charge in [0.05, 0.1) is 5.60 Å². The van der Waals surface area contributed by atoms with Crippen LogP contribution in [-0.2, 0) is 10.0 Å². The van der Waals surface area contributed by atoms with Crippen molar-refractivity contribution in [2.45, 2.75) is 17.4 Å². The van der Waals surface area contributed by atoms with Crippen LogP contribution in [0.1, 0.15) is 6.92 Å². The van der Waals surface area contributed by atoms with Crippen LogP contribution < -0.4 is 10.5 Å². The van der Waals surface area contributed by atoms with Crippen LogP contribution in [0.2, 0.25) is 0 Å². The number of hydrogen-bond acceptors (Lipinski definition) is 5. The number of nitrogens with one attached hydrogen (secondary N) is 1. The summed E-state index contributed by atoms with van der Waals surface area (Å²) in [5, 5.41) is 10.2. The molecule has 0 aliphatic heterocycles. The maximum Gasteiger partial charge on any atom is 0.242 e. The average Bonchev–Trinajstić information content (AvgIpc) is 2.23. The zero-order chi connectivity index (χ0) is 16.4. The number of anilines is 1. The van der Waals surface area contributed by atoms with E-state index in [2.05, 4.69) is 36.6 Å². The number of likely N-dealkylation sites (N-methyl/N-ethyl adjacent to an activating group) is 1. The van der Waals surface area contributed by atoms with Crippen LogP contribution in [-0.4, -0.2) is 51.2 Å². The maximum absolute atomic E-state index is 12.4. The number of nitrogens with zero attached hydrogens (tertiary/aromatic N) is 1. The third-order valence-corrected chi connectivity index (χ3v) is 5.87. The molecule has 0 fully saturated rings. The quantitative estimate of drug-likeness (QED) is 0.576. The second-order valence-corrected chi connectivity index (χ2v) is 8.79. The lowest BCUT2D eigenvalue weighted by atomic mass is 10.1. The van der Waals surface area contributed by atoms with Gasteiger partial charge in [-0.25, -0.2) is 13.1 Å². The second kappa shape index (κ2) is 6.93. The monoisotopic (exact) mass is 443 g/mol. The summed E-state index contributed by atoms with van der Waals surface area (Å²) in [7, 11) is -0.182. The van der Waals surface area contributed by atoms with E-state index in [1.165, 1.54) is 12.1 Å². The Bertz CT molecular complexity index is 595. The van der Waals surface area contributed by atoms with Crippen LogP contribution in [0.3, 0.4) is 0 Å². The lowest BCUT2D eigenvalue weighted by Gasteiger charge is -2.27. The van der Waals surface area contributed by atoms with Crippen LogP contribution in [0, 0.1) is 0 Å². The van der Waals surface area contributed by atoms with Gasteiger partial charge >= 0.3 is 0 Å². The van der Waals surface area contributed by atoms with Gasteiger partial charge in [0.25, 0.3) is 0 Å². The SMILES string of the molecule is CN(C)CC(C)(O)CNS(=O)(=O)c1c(Br)cc(N)cc1Br. The molecule has 0 heterocycles. The minimum absolute atomic E-state index is 0.0531. The lowest BCUT2D eigenvalue weighted by molar-refractivity contribution is 0.0386. The third kappa shape index (κ3) is 5.50. The molecule has 1 atom stereocenters. The highest BCUT2D eigenvalue weighted by Crippen LogP contribution is 2.32. The van der Waals surface area contributed by atoms with Crippen LogP contribution >= 0.6 is 31.9 Å². The molecule has 6 nitrogen and oxygen atoms in total. The van der Waals surface area contributed by atoms with E-state index in [4.69, 9.17) is 5.73 Å². The molecule has 120 valence electrons. The molecule has 0 aliphatic rings. The van der Waals surface area contributed by atoms with Crippen molar-refractivity contribution in [3.63, 3.8) is 0 Å². The summed E-state index contributed by atoms with van der Waals surface area (Å²) in [6, 6.07) is 3.02. The molecule has 1 unspecified atom stereocenters. The predicted molar refractivity (Wildman–Crippen MR) is 90.6 cm³/mol. The van der Waals surface area contributed by atoms with Gasteiger partial charge in [-0.15, -0.1) is 0 Å². The first-order valence-corrected chi connectivity index (χ1v) is 9.13. The number of hydrogen-bond donors (Lipinski definition) is 3. The molecule has 0 saturated carbocycles. The summed E-state index contributed by atoms with van der Waals surface area (Å²) >= 11 is 6.39. The molecule has 1 rings (SSSR count). The van der Waals surface area contributed by atoms with Crippen molar-refractivity contribution < 1.29 is 13.5 Å². The fraction of sp³-hybridized carbons (Fsp3) is 0.500. The van der Waals surface area contributed by atoms with E-state index in [0.717, 1.165) is 0 Å². The van der Waals surface area contributed by atoms with Gasteiger partial charge in [0.15, 0.2) is 0 Å². The van der Waals surface area contributed by atoms with Crippen LogP contribution in [0.15, 0.2) is 26.0 Å². The standard InChI is InChI=1S/C12H19Br2N3O3S/c1-12(18,7-17(2)3)6-16-21(19,20)11-9(13)4-8(15)5-10(11)14/h4-5,16,18H,6-7,15H2,1-3H3. The Balaban J connectivity index is 2.98. The van der Waals surface area contributed by atoms with E-state index in [0.29, 0.717) is 21.2 Å². The summed E-state index contributed by atoms with van der Waals surface area (Å²) in [4.78, 5) is 1.83. The molecule has 1 aromatic rings. The predicted octanol–water partition coefficient (Wildman–Crippen LogP) is 1.38. The second-order valence-electron chi connectivity index (χ2n) is 5.37. The van der Waals surface area contributed by atoms with E-state index in [1.54, 1.807) is 25.9 Å². The maximum atomic E-state index is 12.4. The van der Waals surface area contributed by atoms with Gasteiger partial charge in [0.1, 0.15) is 4.90 Å². The average molecular weight is 445 g/mol. The first-order chi connectivity index (χ1) is 9.44. The van der Waals surface area contributed by atoms with Gasteiger partial charge in [0.2, 0.25) is 10.0 Å². The van der Waals surface area contributed by atoms with Crippen molar-refractivity contribution in [2.75, 3.05) is 32.9 Å². The minimum Gasteiger partial charge on any atom is -0.399 e. The van der Waals surface area contributed by atoms with Crippen molar-refractivity contribution in [3.8, 4) is 0 Å². The molecule has 0 aromatic heterocycles. The number of nitrogens with two attached hydrogens (primary N) is 1. The number of aliphatic hydroxyl groups is 1. The van der Waals surface area contributed by atoms with Crippen molar-refractivity contribution >= 4 is 47.6 Å². The molecule has 0 spiro atoms. The van der Waals surface area contributed by atoms with Gasteiger partial charge in [0, 0.05) is 27.7 Å². The minimum atomic E-state index is -3.79.